The fraction of sp³-hybridized carbons (Fsp3) is 1.00. The Bertz CT molecular complexity index is 2380. The number of hydrogen-bond donors (Lipinski definition) is 0. The maximum absolute atomic E-state index is 2.83. The van der Waals surface area contributed by atoms with Crippen LogP contribution in [0.5, 0.6) is 0 Å². The summed E-state index contributed by atoms with van der Waals surface area (Å²) in [6.45, 7) is 104. The highest BCUT2D eigenvalue weighted by Gasteiger charge is 2.56. The molecule has 11 aliphatic rings. The Morgan fingerprint density at radius 1 is 0.252 bits per heavy atom. The van der Waals surface area contributed by atoms with Crippen LogP contribution in [0.3, 0.4) is 0 Å². The van der Waals surface area contributed by atoms with Crippen molar-refractivity contribution in [3.8, 4) is 0 Å². The minimum Gasteiger partial charge on any atom is -0.301 e. The third-order valence-corrected chi connectivity index (χ3v) is 53.8. The van der Waals surface area contributed by atoms with Gasteiger partial charge in [0.2, 0.25) is 0 Å². The molecule has 24 atom stereocenters. The van der Waals surface area contributed by atoms with Gasteiger partial charge in [-0.2, -0.15) is 0 Å². The lowest BCUT2D eigenvalue weighted by Gasteiger charge is -2.45. The Balaban J connectivity index is 0.000000250. The van der Waals surface area contributed by atoms with Crippen LogP contribution in [0.1, 0.15) is 395 Å². The van der Waals surface area contributed by atoms with E-state index in [2.05, 4.69) is 296 Å². The lowest BCUT2D eigenvalue weighted by Crippen LogP contribution is -2.55. The Hall–Kier alpha value is 0.748. The SMILES string of the molecule is C1CCC2C(C1)CCC2CCC1CCC2CCCCC21.CC(C)C.CC(C)C.CC(C)CN(C[Si](C)(C)C1C(C)C(C)C(C)C1C)C(C)(C)C.CC(C)CN(C[Si](C)(C)C1C(C)C(C)C(C)C1C)C(C)(C)C.CC(C)CN(C[Si](C)(C)C1C(C)C(C)C(C)C1C)C(C)(C)C.C[Si](C)(C1CCC2CCCCC21)C1CCC2CCCCC21. The number of hydrogen-bond acceptors (Lipinski definition) is 3. The summed E-state index contributed by atoms with van der Waals surface area (Å²) in [5.41, 5.74) is 6.17. The molecule has 0 amide bonds. The maximum atomic E-state index is 2.83. The zero-order valence-electron chi connectivity index (χ0n) is 86.9. The van der Waals surface area contributed by atoms with Gasteiger partial charge in [0, 0.05) is 36.3 Å². The minimum atomic E-state index is -1.29. The maximum Gasteiger partial charge on any atom is 0.0666 e. The van der Waals surface area contributed by atoms with Gasteiger partial charge in [-0.1, -0.05) is 334 Å². The molecule has 0 bridgehead atoms. The van der Waals surface area contributed by atoms with Gasteiger partial charge in [-0.3, -0.25) is 0 Å². The van der Waals surface area contributed by atoms with Crippen molar-refractivity contribution >= 4 is 32.3 Å². The Labute approximate surface area is 732 Å². The van der Waals surface area contributed by atoms with Crippen molar-refractivity contribution in [2.75, 3.05) is 38.1 Å². The smallest absolute Gasteiger partial charge is 0.0666 e. The van der Waals surface area contributed by atoms with Crippen molar-refractivity contribution in [2.24, 2.45) is 160 Å². The molecule has 0 heterocycles. The van der Waals surface area contributed by atoms with Crippen molar-refractivity contribution in [1.82, 2.24) is 14.7 Å². The average molecular weight is 1670 g/mol. The van der Waals surface area contributed by atoms with Gasteiger partial charge in [-0.15, -0.1) is 0 Å². The monoisotopic (exact) mass is 1670 g/mol. The van der Waals surface area contributed by atoms with Gasteiger partial charge in [0.15, 0.2) is 0 Å². The Kier molecular flexibility index (Phi) is 42.5. The molecule has 11 saturated carbocycles. The lowest BCUT2D eigenvalue weighted by atomic mass is 9.74. The molecule has 11 rings (SSSR count). The van der Waals surface area contributed by atoms with E-state index in [0.717, 1.165) is 165 Å². The summed E-state index contributed by atoms with van der Waals surface area (Å²) in [5, 5.41) is 0. The normalized spacial score (nSPS) is 37.1. The fourth-order valence-corrected chi connectivity index (χ4v) is 51.0. The van der Waals surface area contributed by atoms with Crippen LogP contribution in [0.25, 0.3) is 0 Å². The summed E-state index contributed by atoms with van der Waals surface area (Å²) in [7, 11) is -4.94. The largest absolute Gasteiger partial charge is 0.301 e. The summed E-state index contributed by atoms with van der Waals surface area (Å²) in [6.07, 6.45) is 45.2. The molecule has 11 fully saturated rings. The van der Waals surface area contributed by atoms with Gasteiger partial charge < -0.3 is 14.7 Å². The second-order valence-corrected chi connectivity index (χ2v) is 72.9. The summed E-state index contributed by atoms with van der Waals surface area (Å²) in [4.78, 5) is 8.37. The molecule has 0 saturated heterocycles. The predicted octanol–water partition coefficient (Wildman–Crippen LogP) is 33.9. The van der Waals surface area contributed by atoms with Crippen LogP contribution in [0.4, 0.5) is 0 Å². The van der Waals surface area contributed by atoms with E-state index in [1.165, 1.54) is 61.1 Å². The number of fused-ring (bicyclic) bond motifs is 4. The number of rotatable bonds is 20. The highest BCUT2D eigenvalue weighted by atomic mass is 28.3. The van der Waals surface area contributed by atoms with E-state index in [0.29, 0.717) is 0 Å². The van der Waals surface area contributed by atoms with Crippen LogP contribution >= 0.6 is 0 Å². The molecule has 7 heteroatoms. The summed E-state index contributed by atoms with van der Waals surface area (Å²) in [6, 6.07) is 0. The molecule has 0 aromatic rings. The Morgan fingerprint density at radius 3 is 0.652 bits per heavy atom. The first kappa shape index (κ1) is 106. The van der Waals surface area contributed by atoms with Crippen LogP contribution in [0.2, 0.25) is 80.1 Å². The van der Waals surface area contributed by atoms with Crippen LogP contribution in [-0.2, 0) is 0 Å². The topological polar surface area (TPSA) is 9.72 Å². The summed E-state index contributed by atoms with van der Waals surface area (Å²) in [5.74, 6) is 26.2. The first-order chi connectivity index (χ1) is 52.9. The third kappa shape index (κ3) is 29.9. The van der Waals surface area contributed by atoms with E-state index in [4.69, 9.17) is 0 Å². The second kappa shape index (κ2) is 46.0. The highest BCUT2D eigenvalue weighted by Crippen LogP contribution is 2.63. The summed E-state index contributed by atoms with van der Waals surface area (Å²) >= 11 is 0. The molecule has 11 aliphatic carbocycles. The standard InChI is InChI=1S/3C20H43NSi.C20H36Si.C20H34.2C4H10/c3*1-14(2)12-21(20(7,8)9)13-22(10,11)19-17(5)15(3)16(4)18(19)6;1-21(2,19-13-11-15-7-3-5-9-17(15)19)20-14-12-16-8-4-6-10-18(16)20;1-3-7-19-15(5-1)9-11-17(19)13-14-18-12-10-16-6-2-4-8-20(16)18;2*1-4(2)3/h3*14-19H,12-13H2,1-11H3;15-20H,3-14H2,1-2H3;15-20H,1-14H2;2*4H,1-3H3. The van der Waals surface area contributed by atoms with Gasteiger partial charge in [0.1, 0.15) is 0 Å². The second-order valence-electron chi connectivity index (χ2n) is 52.9. The van der Waals surface area contributed by atoms with Gasteiger partial charge in [-0.05, 0) is 320 Å². The number of nitrogens with zero attached hydrogens (tertiary/aromatic N) is 3. The van der Waals surface area contributed by atoms with E-state index in [-0.39, 0.29) is 16.6 Å². The molecule has 3 nitrogen and oxygen atoms in total. The third-order valence-electron chi connectivity index (χ3n) is 36.4. The molecule has 0 N–H and O–H groups in total. The van der Waals surface area contributed by atoms with Crippen molar-refractivity contribution in [3.05, 3.63) is 0 Å². The van der Waals surface area contributed by atoms with Gasteiger partial charge in [0.05, 0.1) is 32.3 Å². The van der Waals surface area contributed by atoms with Crippen molar-refractivity contribution in [1.29, 1.82) is 0 Å². The molecular formula is C108H219N3Si4. The molecule has 115 heavy (non-hydrogen) atoms. The van der Waals surface area contributed by atoms with Crippen LogP contribution in [0.15, 0.2) is 0 Å². The highest BCUT2D eigenvalue weighted by molar-refractivity contribution is 6.81. The van der Waals surface area contributed by atoms with E-state index in [1.54, 1.807) is 167 Å². The van der Waals surface area contributed by atoms with E-state index >= 15 is 0 Å². The van der Waals surface area contributed by atoms with Gasteiger partial charge >= 0.3 is 0 Å². The van der Waals surface area contributed by atoms with Crippen molar-refractivity contribution in [2.45, 2.75) is 492 Å². The van der Waals surface area contributed by atoms with Crippen molar-refractivity contribution in [3.63, 3.8) is 0 Å². The molecule has 682 valence electrons. The van der Waals surface area contributed by atoms with Gasteiger partial charge in [-0.25, -0.2) is 0 Å². The van der Waals surface area contributed by atoms with Crippen molar-refractivity contribution < 1.29 is 0 Å². The zero-order chi connectivity index (χ0) is 87.3. The van der Waals surface area contributed by atoms with E-state index < -0.39 is 32.3 Å². The van der Waals surface area contributed by atoms with Crippen LogP contribution in [-0.4, -0.2) is 102 Å². The minimum absolute atomic E-state index is 0.289. The molecule has 0 spiro atoms. The van der Waals surface area contributed by atoms with Crippen LogP contribution < -0.4 is 0 Å². The quantitative estimate of drug-likeness (QED) is 0.113. The zero-order valence-corrected chi connectivity index (χ0v) is 90.9. The van der Waals surface area contributed by atoms with E-state index in [9.17, 15) is 0 Å². The first-order valence-corrected chi connectivity index (χ1v) is 65.2. The molecular weight excluding hydrogens is 1450 g/mol. The molecule has 0 radical (unpaired) electrons. The predicted molar refractivity (Wildman–Crippen MR) is 533 cm³/mol. The van der Waals surface area contributed by atoms with Gasteiger partial charge in [0.25, 0.3) is 0 Å². The molecule has 24 unspecified atom stereocenters. The van der Waals surface area contributed by atoms with Crippen LogP contribution in [0, 0.1) is 160 Å². The summed E-state index contributed by atoms with van der Waals surface area (Å²) < 4.78 is 0. The molecule has 0 aromatic heterocycles. The Morgan fingerprint density at radius 2 is 0.443 bits per heavy atom. The fourth-order valence-electron chi connectivity index (χ4n) is 29.8. The molecule has 0 aromatic carbocycles. The first-order valence-electron chi connectivity index (χ1n) is 52.2. The average Bonchev–Trinajstić information content (AvgIpc) is 1.63. The lowest BCUT2D eigenvalue weighted by molar-refractivity contribution is 0.141. The van der Waals surface area contributed by atoms with E-state index in [1.807, 2.05) is 0 Å². The molecule has 0 aliphatic heterocycles.